The molecule has 0 spiro atoms. The largest absolute Gasteiger partial charge is 0.481 e. The van der Waals surface area contributed by atoms with Crippen molar-refractivity contribution in [1.82, 2.24) is 0 Å². The van der Waals surface area contributed by atoms with Gasteiger partial charge in [-0.25, -0.2) is 0 Å². The summed E-state index contributed by atoms with van der Waals surface area (Å²) < 4.78 is 10.5. The first-order valence-electron chi connectivity index (χ1n) is 5.64. The van der Waals surface area contributed by atoms with Gasteiger partial charge in [0.2, 0.25) is 0 Å². The molecule has 1 aromatic carbocycles. The first kappa shape index (κ1) is 10.4. The number of fused-ring (bicyclic) bond motifs is 1. The van der Waals surface area contributed by atoms with Gasteiger partial charge >= 0.3 is 0 Å². The minimum absolute atomic E-state index is 0.00540. The molecule has 0 bridgehead atoms. The molecule has 5 heteroatoms. The molecule has 0 atom stereocenters. The van der Waals surface area contributed by atoms with Crippen LogP contribution in [0.25, 0.3) is 0 Å². The number of amides is 1. The number of benzene rings is 1. The number of carbonyl (C=O) groups excluding carboxylic acids is 1. The van der Waals surface area contributed by atoms with Crippen LogP contribution in [0.3, 0.4) is 0 Å². The summed E-state index contributed by atoms with van der Waals surface area (Å²) in [4.78, 5) is 13.6. The van der Waals surface area contributed by atoms with Gasteiger partial charge in [-0.1, -0.05) is 0 Å². The number of hydrogen-bond donors (Lipinski definition) is 1. The SMILES string of the molecule is Nc1ccc2c(c1)OCC(=O)N2CC1COC1. The molecule has 1 aromatic rings. The average Bonchev–Trinajstić information content (AvgIpc) is 2.25. The Morgan fingerprint density at radius 3 is 2.94 bits per heavy atom. The molecule has 0 unspecified atom stereocenters. The molecule has 0 aromatic heterocycles. The fraction of sp³-hybridized carbons (Fsp3) is 0.417. The Kier molecular flexibility index (Phi) is 2.40. The second kappa shape index (κ2) is 3.92. The quantitative estimate of drug-likeness (QED) is 0.763. The van der Waals surface area contributed by atoms with Crippen molar-refractivity contribution in [1.29, 1.82) is 0 Å². The summed E-state index contributed by atoms with van der Waals surface area (Å²) in [6.07, 6.45) is 0. The smallest absolute Gasteiger partial charge is 0.265 e. The number of rotatable bonds is 2. The predicted octanol–water partition coefficient (Wildman–Crippen LogP) is 0.641. The Labute approximate surface area is 99.1 Å². The van der Waals surface area contributed by atoms with Crippen molar-refractivity contribution < 1.29 is 14.3 Å². The second-order valence-electron chi connectivity index (χ2n) is 4.42. The van der Waals surface area contributed by atoms with Crippen LogP contribution in [0.1, 0.15) is 0 Å². The summed E-state index contributed by atoms with van der Waals surface area (Å²) in [6, 6.07) is 5.37. The average molecular weight is 234 g/mol. The number of hydrogen-bond acceptors (Lipinski definition) is 4. The van der Waals surface area contributed by atoms with Crippen molar-refractivity contribution >= 4 is 17.3 Å². The predicted molar refractivity (Wildman–Crippen MR) is 63.0 cm³/mol. The highest BCUT2D eigenvalue weighted by Crippen LogP contribution is 2.34. The summed E-state index contributed by atoms with van der Waals surface area (Å²) in [7, 11) is 0. The zero-order chi connectivity index (χ0) is 11.8. The lowest BCUT2D eigenvalue weighted by atomic mass is 10.1. The third kappa shape index (κ3) is 1.82. The van der Waals surface area contributed by atoms with Gasteiger partial charge in [-0.05, 0) is 12.1 Å². The van der Waals surface area contributed by atoms with Gasteiger partial charge in [-0.2, -0.15) is 0 Å². The molecule has 1 fully saturated rings. The highest BCUT2D eigenvalue weighted by molar-refractivity contribution is 5.98. The Morgan fingerprint density at radius 1 is 1.41 bits per heavy atom. The third-order valence-corrected chi connectivity index (χ3v) is 3.07. The van der Waals surface area contributed by atoms with Crippen LogP contribution in [-0.2, 0) is 9.53 Å². The van der Waals surface area contributed by atoms with Gasteiger partial charge in [0.1, 0.15) is 5.75 Å². The van der Waals surface area contributed by atoms with E-state index in [-0.39, 0.29) is 12.5 Å². The molecule has 2 aliphatic heterocycles. The molecule has 1 saturated heterocycles. The van der Waals surface area contributed by atoms with Crippen LogP contribution in [0, 0.1) is 5.92 Å². The molecule has 0 aliphatic carbocycles. The standard InChI is InChI=1S/C12H14N2O3/c13-9-1-2-10-11(3-9)17-7-12(15)14(10)4-8-5-16-6-8/h1-3,8H,4-7,13H2. The maximum Gasteiger partial charge on any atom is 0.265 e. The first-order chi connectivity index (χ1) is 8.24. The second-order valence-corrected chi connectivity index (χ2v) is 4.42. The normalized spacial score (nSPS) is 19.5. The summed E-state index contributed by atoms with van der Waals surface area (Å²) in [6.45, 7) is 2.24. The highest BCUT2D eigenvalue weighted by Gasteiger charge is 2.30. The number of nitrogen functional groups attached to an aromatic ring is 1. The van der Waals surface area contributed by atoms with E-state index < -0.39 is 0 Å². The lowest BCUT2D eigenvalue weighted by Gasteiger charge is -2.35. The number of ether oxygens (including phenoxy) is 2. The Hall–Kier alpha value is -1.75. The molecule has 5 nitrogen and oxygen atoms in total. The Morgan fingerprint density at radius 2 is 2.24 bits per heavy atom. The van der Waals surface area contributed by atoms with Crippen LogP contribution in [0.4, 0.5) is 11.4 Å². The number of nitrogens with zero attached hydrogens (tertiary/aromatic N) is 1. The zero-order valence-corrected chi connectivity index (χ0v) is 9.39. The molecule has 0 radical (unpaired) electrons. The topological polar surface area (TPSA) is 64.8 Å². The molecule has 0 saturated carbocycles. The fourth-order valence-corrected chi connectivity index (χ4v) is 2.07. The van der Waals surface area contributed by atoms with E-state index in [2.05, 4.69) is 0 Å². The maximum atomic E-state index is 11.8. The monoisotopic (exact) mass is 234 g/mol. The van der Waals surface area contributed by atoms with E-state index in [1.165, 1.54) is 0 Å². The molecular formula is C12H14N2O3. The molecule has 2 heterocycles. The van der Waals surface area contributed by atoms with Gasteiger partial charge < -0.3 is 20.1 Å². The lowest BCUT2D eigenvalue weighted by Crippen LogP contribution is -2.46. The van der Waals surface area contributed by atoms with E-state index >= 15 is 0 Å². The van der Waals surface area contributed by atoms with Crippen molar-refractivity contribution in [2.45, 2.75) is 0 Å². The van der Waals surface area contributed by atoms with Crippen LogP contribution < -0.4 is 15.4 Å². The molecule has 1 amide bonds. The van der Waals surface area contributed by atoms with E-state index in [0.717, 1.165) is 18.9 Å². The van der Waals surface area contributed by atoms with Crippen LogP contribution >= 0.6 is 0 Å². The molecule has 2 aliphatic rings. The third-order valence-electron chi connectivity index (χ3n) is 3.07. The Balaban J connectivity index is 1.89. The summed E-state index contributed by atoms with van der Waals surface area (Å²) in [5.74, 6) is 1.11. The van der Waals surface area contributed by atoms with Crippen molar-refractivity contribution in [2.24, 2.45) is 5.92 Å². The Bertz CT molecular complexity index is 457. The summed E-state index contributed by atoms with van der Waals surface area (Å²) >= 11 is 0. The van der Waals surface area contributed by atoms with E-state index in [0.29, 0.717) is 23.9 Å². The van der Waals surface area contributed by atoms with Crippen molar-refractivity contribution in [2.75, 3.05) is 37.0 Å². The molecule has 90 valence electrons. The maximum absolute atomic E-state index is 11.8. The number of carbonyl (C=O) groups is 1. The van der Waals surface area contributed by atoms with E-state index in [1.54, 1.807) is 17.0 Å². The van der Waals surface area contributed by atoms with Gasteiger partial charge in [0, 0.05) is 24.2 Å². The molecule has 17 heavy (non-hydrogen) atoms. The zero-order valence-electron chi connectivity index (χ0n) is 9.39. The van der Waals surface area contributed by atoms with Gasteiger partial charge in [0.25, 0.3) is 5.91 Å². The van der Waals surface area contributed by atoms with Gasteiger partial charge in [-0.3, -0.25) is 4.79 Å². The minimum Gasteiger partial charge on any atom is -0.481 e. The molecular weight excluding hydrogens is 220 g/mol. The van der Waals surface area contributed by atoms with E-state index in [9.17, 15) is 4.79 Å². The minimum atomic E-state index is -0.00540. The van der Waals surface area contributed by atoms with Gasteiger partial charge in [0.05, 0.1) is 18.9 Å². The van der Waals surface area contributed by atoms with Crippen LogP contribution in [0.5, 0.6) is 5.75 Å². The van der Waals surface area contributed by atoms with Crippen LogP contribution in [0.15, 0.2) is 18.2 Å². The molecule has 2 N–H and O–H groups in total. The van der Waals surface area contributed by atoms with E-state index in [1.807, 2.05) is 6.07 Å². The van der Waals surface area contributed by atoms with E-state index in [4.69, 9.17) is 15.2 Å². The highest BCUT2D eigenvalue weighted by atomic mass is 16.5. The summed E-state index contributed by atoms with van der Waals surface area (Å²) in [5, 5.41) is 0. The van der Waals surface area contributed by atoms with Crippen molar-refractivity contribution in [3.8, 4) is 5.75 Å². The number of nitrogens with two attached hydrogens (primary N) is 1. The van der Waals surface area contributed by atoms with Crippen molar-refractivity contribution in [3.05, 3.63) is 18.2 Å². The van der Waals surface area contributed by atoms with Crippen molar-refractivity contribution in [3.63, 3.8) is 0 Å². The molecule has 3 rings (SSSR count). The van der Waals surface area contributed by atoms with Crippen LogP contribution in [0.2, 0.25) is 0 Å². The lowest BCUT2D eigenvalue weighted by molar-refractivity contribution is -0.122. The fourth-order valence-electron chi connectivity index (χ4n) is 2.07. The number of anilines is 2. The summed E-state index contributed by atoms with van der Waals surface area (Å²) in [5.41, 5.74) is 7.15. The van der Waals surface area contributed by atoms with Gasteiger partial charge in [0.15, 0.2) is 6.61 Å². The first-order valence-corrected chi connectivity index (χ1v) is 5.64. The van der Waals surface area contributed by atoms with Gasteiger partial charge in [-0.15, -0.1) is 0 Å². The van der Waals surface area contributed by atoms with Crippen LogP contribution in [-0.4, -0.2) is 32.3 Å².